The third-order valence-corrected chi connectivity index (χ3v) is 2.80. The van der Waals surface area contributed by atoms with E-state index in [2.05, 4.69) is 40.2 Å². The van der Waals surface area contributed by atoms with E-state index >= 15 is 0 Å². The Morgan fingerprint density at radius 3 is 2.83 bits per heavy atom. The summed E-state index contributed by atoms with van der Waals surface area (Å²) in [5.74, 6) is 0. The average molecular weight is 246 g/mol. The first-order valence-electron chi connectivity index (χ1n) is 3.97. The van der Waals surface area contributed by atoms with Crippen LogP contribution in [0, 0.1) is 0 Å². The molecule has 1 aromatic rings. The summed E-state index contributed by atoms with van der Waals surface area (Å²) < 4.78 is 0.923. The highest BCUT2D eigenvalue weighted by molar-refractivity contribution is 9.10. The predicted octanol–water partition coefficient (Wildman–Crippen LogP) is 3.52. The van der Waals surface area contributed by atoms with Gasteiger partial charge in [-0.3, -0.25) is 0 Å². The van der Waals surface area contributed by atoms with Crippen LogP contribution < -0.4 is 0 Å². The van der Waals surface area contributed by atoms with Gasteiger partial charge in [0.25, 0.3) is 0 Å². The first-order chi connectivity index (χ1) is 5.77. The molecule has 1 rings (SSSR count). The molecule has 0 aliphatic heterocycles. The molecule has 0 radical (unpaired) electrons. The predicted molar refractivity (Wildman–Crippen MR) is 57.7 cm³/mol. The molecular weight excluding hydrogens is 234 g/mol. The van der Waals surface area contributed by atoms with Crippen LogP contribution in [0.3, 0.4) is 0 Å². The van der Waals surface area contributed by atoms with Crippen LogP contribution in [0.5, 0.6) is 0 Å². The molecule has 0 bridgehead atoms. The summed E-state index contributed by atoms with van der Waals surface area (Å²) in [6, 6.07) is 4.15. The molecule has 0 unspecified atom stereocenters. The van der Waals surface area contributed by atoms with Gasteiger partial charge in [0.05, 0.1) is 0 Å². The van der Waals surface area contributed by atoms with Crippen LogP contribution in [-0.2, 0) is 6.42 Å². The number of thioether (sulfide) groups is 1. The molecule has 66 valence electrons. The van der Waals surface area contributed by atoms with E-state index in [0.29, 0.717) is 0 Å². The van der Waals surface area contributed by atoms with Crippen molar-refractivity contribution in [2.24, 2.45) is 0 Å². The van der Waals surface area contributed by atoms with E-state index < -0.39 is 0 Å². The van der Waals surface area contributed by atoms with Crippen LogP contribution in [0.2, 0.25) is 0 Å². The fourth-order valence-electron chi connectivity index (χ4n) is 1.08. The second-order valence-electron chi connectivity index (χ2n) is 2.55. The van der Waals surface area contributed by atoms with E-state index in [-0.39, 0.29) is 0 Å². The molecule has 0 aromatic carbocycles. The van der Waals surface area contributed by atoms with Crippen LogP contribution in [0.4, 0.5) is 0 Å². The maximum atomic E-state index is 4.39. The molecule has 0 N–H and O–H groups in total. The van der Waals surface area contributed by atoms with Crippen LogP contribution in [0.1, 0.15) is 18.9 Å². The van der Waals surface area contributed by atoms with E-state index in [0.717, 1.165) is 16.0 Å². The highest BCUT2D eigenvalue weighted by atomic mass is 79.9. The molecule has 0 amide bonds. The van der Waals surface area contributed by atoms with Gasteiger partial charge in [-0.15, -0.1) is 11.8 Å². The van der Waals surface area contributed by atoms with Gasteiger partial charge in [-0.2, -0.15) is 0 Å². The van der Waals surface area contributed by atoms with Crippen molar-refractivity contribution in [3.63, 3.8) is 0 Å². The summed E-state index contributed by atoms with van der Waals surface area (Å²) in [5, 5.41) is 1.14. The second kappa shape index (κ2) is 4.87. The molecule has 0 spiro atoms. The summed E-state index contributed by atoms with van der Waals surface area (Å²) in [6.07, 6.45) is 4.36. The molecule has 0 saturated carbocycles. The van der Waals surface area contributed by atoms with Crippen molar-refractivity contribution in [1.29, 1.82) is 0 Å². The van der Waals surface area contributed by atoms with E-state index in [1.165, 1.54) is 12.0 Å². The SMILES string of the molecule is CCCc1ccc(Br)nc1SC. The van der Waals surface area contributed by atoms with E-state index in [1.54, 1.807) is 11.8 Å². The van der Waals surface area contributed by atoms with E-state index in [9.17, 15) is 0 Å². The van der Waals surface area contributed by atoms with Crippen molar-refractivity contribution >= 4 is 27.7 Å². The maximum Gasteiger partial charge on any atom is 0.107 e. The topological polar surface area (TPSA) is 12.9 Å². The Hall–Kier alpha value is -0.0200. The number of nitrogens with zero attached hydrogens (tertiary/aromatic N) is 1. The van der Waals surface area contributed by atoms with Crippen molar-refractivity contribution in [2.75, 3.05) is 6.26 Å². The zero-order valence-corrected chi connectivity index (χ0v) is 9.70. The third-order valence-electron chi connectivity index (χ3n) is 1.62. The molecule has 1 nitrogen and oxygen atoms in total. The van der Waals surface area contributed by atoms with Crippen LogP contribution >= 0.6 is 27.7 Å². The monoisotopic (exact) mass is 245 g/mol. The summed E-state index contributed by atoms with van der Waals surface area (Å²) in [4.78, 5) is 4.39. The smallest absolute Gasteiger partial charge is 0.107 e. The Labute approximate surface area is 86.1 Å². The maximum absolute atomic E-state index is 4.39. The second-order valence-corrected chi connectivity index (χ2v) is 4.16. The minimum Gasteiger partial charge on any atom is -0.234 e. The zero-order chi connectivity index (χ0) is 8.97. The van der Waals surface area contributed by atoms with E-state index in [1.807, 2.05) is 6.07 Å². The minimum absolute atomic E-state index is 0.923. The number of aromatic nitrogens is 1. The lowest BCUT2D eigenvalue weighted by molar-refractivity contribution is 0.872. The number of rotatable bonds is 3. The van der Waals surface area contributed by atoms with Gasteiger partial charge in [0.1, 0.15) is 9.63 Å². The fraction of sp³-hybridized carbons (Fsp3) is 0.444. The van der Waals surface area contributed by atoms with Crippen LogP contribution in [-0.4, -0.2) is 11.2 Å². The van der Waals surface area contributed by atoms with Crippen molar-refractivity contribution in [1.82, 2.24) is 4.98 Å². The highest BCUT2D eigenvalue weighted by Crippen LogP contribution is 2.21. The quantitative estimate of drug-likeness (QED) is 0.597. The molecule has 0 atom stereocenters. The van der Waals surface area contributed by atoms with Gasteiger partial charge >= 0.3 is 0 Å². The Morgan fingerprint density at radius 2 is 2.25 bits per heavy atom. The molecule has 0 aliphatic rings. The highest BCUT2D eigenvalue weighted by Gasteiger charge is 2.01. The zero-order valence-electron chi connectivity index (χ0n) is 7.30. The standard InChI is InChI=1S/C9H12BrNS/c1-3-4-7-5-6-8(10)11-9(7)12-2/h5-6H,3-4H2,1-2H3. The van der Waals surface area contributed by atoms with Gasteiger partial charge in [0.2, 0.25) is 0 Å². The Bertz CT molecular complexity index is 263. The Kier molecular flexibility index (Phi) is 4.09. The van der Waals surface area contributed by atoms with Gasteiger partial charge < -0.3 is 0 Å². The lowest BCUT2D eigenvalue weighted by Gasteiger charge is -2.04. The molecule has 0 saturated heterocycles. The number of hydrogen-bond acceptors (Lipinski definition) is 2. The van der Waals surface area contributed by atoms with Gasteiger partial charge in [0.15, 0.2) is 0 Å². The average Bonchev–Trinajstić information content (AvgIpc) is 2.08. The van der Waals surface area contributed by atoms with Crippen LogP contribution in [0.25, 0.3) is 0 Å². The lowest BCUT2D eigenvalue weighted by atomic mass is 10.2. The fourth-order valence-corrected chi connectivity index (χ4v) is 2.13. The summed E-state index contributed by atoms with van der Waals surface area (Å²) in [6.45, 7) is 2.19. The Morgan fingerprint density at radius 1 is 1.50 bits per heavy atom. The van der Waals surface area contributed by atoms with Crippen molar-refractivity contribution in [3.8, 4) is 0 Å². The van der Waals surface area contributed by atoms with Gasteiger partial charge in [-0.1, -0.05) is 19.4 Å². The van der Waals surface area contributed by atoms with Crippen molar-refractivity contribution < 1.29 is 0 Å². The van der Waals surface area contributed by atoms with Gasteiger partial charge in [-0.05, 0) is 40.2 Å². The minimum atomic E-state index is 0.923. The Balaban J connectivity index is 2.94. The van der Waals surface area contributed by atoms with Crippen LogP contribution in [0.15, 0.2) is 21.8 Å². The summed E-state index contributed by atoms with van der Waals surface area (Å²) in [7, 11) is 0. The van der Waals surface area contributed by atoms with Gasteiger partial charge in [0, 0.05) is 0 Å². The molecule has 0 fully saturated rings. The molecule has 12 heavy (non-hydrogen) atoms. The normalized spacial score (nSPS) is 10.2. The number of pyridine rings is 1. The third kappa shape index (κ3) is 2.49. The number of halogens is 1. The molecule has 0 aliphatic carbocycles. The summed E-state index contributed by atoms with van der Waals surface area (Å²) in [5.41, 5.74) is 1.35. The summed E-state index contributed by atoms with van der Waals surface area (Å²) >= 11 is 5.07. The van der Waals surface area contributed by atoms with Crippen molar-refractivity contribution in [3.05, 3.63) is 22.3 Å². The molecule has 1 aromatic heterocycles. The largest absolute Gasteiger partial charge is 0.234 e. The van der Waals surface area contributed by atoms with Gasteiger partial charge in [-0.25, -0.2) is 4.98 Å². The molecule has 1 heterocycles. The molecular formula is C9H12BrNS. The number of hydrogen-bond donors (Lipinski definition) is 0. The first kappa shape index (κ1) is 10.1. The first-order valence-corrected chi connectivity index (χ1v) is 5.99. The van der Waals surface area contributed by atoms with Crippen molar-refractivity contribution in [2.45, 2.75) is 24.8 Å². The number of aryl methyl sites for hydroxylation is 1. The lowest BCUT2D eigenvalue weighted by Crippen LogP contribution is -1.90. The molecule has 3 heteroatoms. The van der Waals surface area contributed by atoms with E-state index in [4.69, 9.17) is 0 Å².